The molecule has 11 heteroatoms. The van der Waals surface area contributed by atoms with Gasteiger partial charge in [0.25, 0.3) is 0 Å². The fraction of sp³-hybridized carbons (Fsp3) is 0.641. The molecular formula is C39H57N3O8. The average Bonchev–Trinajstić information content (AvgIpc) is 3.70. The second-order valence-electron chi connectivity index (χ2n) is 15.8. The molecule has 50 heavy (non-hydrogen) atoms. The van der Waals surface area contributed by atoms with Gasteiger partial charge in [-0.3, -0.25) is 19.2 Å². The quantitative estimate of drug-likeness (QED) is 0.182. The van der Waals surface area contributed by atoms with Gasteiger partial charge in [-0.2, -0.15) is 0 Å². The van der Waals surface area contributed by atoms with Crippen molar-refractivity contribution in [2.75, 3.05) is 26.9 Å². The largest absolute Gasteiger partial charge is 0.455 e. The molecule has 8 atom stereocenters. The summed E-state index contributed by atoms with van der Waals surface area (Å²) in [4.78, 5) is 59.9. The zero-order chi connectivity index (χ0) is 37.0. The third-order valence-electron chi connectivity index (χ3n) is 10.3. The van der Waals surface area contributed by atoms with Crippen LogP contribution in [-0.4, -0.2) is 101 Å². The van der Waals surface area contributed by atoms with Crippen molar-refractivity contribution in [3.05, 3.63) is 61.2 Å². The number of benzene rings is 1. The molecule has 0 aromatic heterocycles. The molecule has 0 saturated carbocycles. The number of hydrogen-bond donors (Lipinski definition) is 2. The molecule has 3 aliphatic rings. The predicted molar refractivity (Wildman–Crippen MR) is 190 cm³/mol. The van der Waals surface area contributed by atoms with Gasteiger partial charge in [0.05, 0.1) is 43.2 Å². The summed E-state index contributed by atoms with van der Waals surface area (Å²) >= 11 is 0. The lowest BCUT2D eigenvalue weighted by Crippen LogP contribution is -2.62. The lowest BCUT2D eigenvalue weighted by atomic mass is 9.70. The van der Waals surface area contributed by atoms with Crippen LogP contribution in [0.3, 0.4) is 0 Å². The van der Waals surface area contributed by atoms with Crippen molar-refractivity contribution in [2.45, 2.75) is 115 Å². The van der Waals surface area contributed by atoms with E-state index in [1.807, 2.05) is 44.2 Å². The zero-order valence-electron chi connectivity index (χ0n) is 30.9. The number of hydrogen-bond acceptors (Lipinski definition) is 8. The number of rotatable bonds is 17. The molecular weight excluding hydrogens is 638 g/mol. The topological polar surface area (TPSA) is 135 Å². The molecule has 276 valence electrons. The molecule has 3 fully saturated rings. The van der Waals surface area contributed by atoms with Gasteiger partial charge in [-0.1, -0.05) is 63.3 Å². The van der Waals surface area contributed by atoms with E-state index >= 15 is 0 Å². The van der Waals surface area contributed by atoms with Crippen LogP contribution in [0.15, 0.2) is 55.6 Å². The number of aliphatic hydroxyl groups is 1. The Kier molecular flexibility index (Phi) is 12.4. The number of likely N-dealkylation sites (tertiary alicyclic amines) is 1. The summed E-state index contributed by atoms with van der Waals surface area (Å²) in [5.41, 5.74) is -1.35. The van der Waals surface area contributed by atoms with Gasteiger partial charge in [0.15, 0.2) is 0 Å². The summed E-state index contributed by atoms with van der Waals surface area (Å²) in [6.07, 6.45) is 3.98. The Bertz CT molecular complexity index is 1410. The third kappa shape index (κ3) is 7.85. The Morgan fingerprint density at radius 1 is 1.16 bits per heavy atom. The maximum atomic E-state index is 14.9. The molecule has 2 N–H and O–H groups in total. The van der Waals surface area contributed by atoms with Crippen molar-refractivity contribution in [1.29, 1.82) is 0 Å². The molecule has 1 aromatic rings. The van der Waals surface area contributed by atoms with Crippen molar-refractivity contribution in [1.82, 2.24) is 15.1 Å². The van der Waals surface area contributed by atoms with Crippen LogP contribution in [0.5, 0.6) is 0 Å². The van der Waals surface area contributed by atoms with Gasteiger partial charge >= 0.3 is 5.97 Å². The first-order valence-electron chi connectivity index (χ1n) is 17.7. The number of amides is 3. The second-order valence-corrected chi connectivity index (χ2v) is 15.8. The Morgan fingerprint density at radius 3 is 2.42 bits per heavy atom. The number of carbonyl (C=O) groups is 4. The van der Waals surface area contributed by atoms with Crippen LogP contribution in [0.25, 0.3) is 0 Å². The van der Waals surface area contributed by atoms with E-state index in [0.717, 1.165) is 0 Å². The smallest absolute Gasteiger partial charge is 0.313 e. The third-order valence-corrected chi connectivity index (χ3v) is 10.3. The molecule has 0 unspecified atom stereocenters. The van der Waals surface area contributed by atoms with Gasteiger partial charge in [-0.25, -0.2) is 0 Å². The van der Waals surface area contributed by atoms with Gasteiger partial charge in [0.1, 0.15) is 17.7 Å². The van der Waals surface area contributed by atoms with Gasteiger partial charge in [0, 0.05) is 25.6 Å². The number of aliphatic hydroxyl groups excluding tert-OH is 1. The monoisotopic (exact) mass is 695 g/mol. The van der Waals surface area contributed by atoms with E-state index in [0.29, 0.717) is 31.2 Å². The van der Waals surface area contributed by atoms with Gasteiger partial charge in [-0.15, -0.1) is 13.2 Å². The normalized spacial score (nSPS) is 26.2. The average molecular weight is 696 g/mol. The van der Waals surface area contributed by atoms with Crippen molar-refractivity contribution < 1.29 is 38.5 Å². The fourth-order valence-electron chi connectivity index (χ4n) is 8.63. The molecule has 3 heterocycles. The molecule has 3 saturated heterocycles. The molecule has 11 nitrogen and oxygen atoms in total. The van der Waals surface area contributed by atoms with Gasteiger partial charge in [0.2, 0.25) is 17.7 Å². The number of esters is 1. The maximum absolute atomic E-state index is 14.9. The van der Waals surface area contributed by atoms with Crippen LogP contribution >= 0.6 is 0 Å². The van der Waals surface area contributed by atoms with Crippen LogP contribution < -0.4 is 5.32 Å². The highest BCUT2D eigenvalue weighted by atomic mass is 16.6. The van der Waals surface area contributed by atoms with Gasteiger partial charge < -0.3 is 34.4 Å². The molecule has 3 aliphatic heterocycles. The number of ether oxygens (including phenoxy) is 3. The molecule has 0 radical (unpaired) electrons. The van der Waals surface area contributed by atoms with Crippen molar-refractivity contribution in [3.8, 4) is 0 Å². The Balaban J connectivity index is 1.73. The van der Waals surface area contributed by atoms with Crippen LogP contribution in [0.2, 0.25) is 0 Å². The van der Waals surface area contributed by atoms with Crippen LogP contribution in [0.1, 0.15) is 85.3 Å². The summed E-state index contributed by atoms with van der Waals surface area (Å²) in [6, 6.07) is 6.60. The Morgan fingerprint density at radius 2 is 1.84 bits per heavy atom. The lowest BCUT2D eigenvalue weighted by Gasteiger charge is -2.46. The standard InChI is InChI=1S/C39H57N3O8/c1-10-12-18-29(44)40-27(23-48-9)32(26-16-14-13-15-17-26)49-36(47)30-28-19-20-39(50-28)31(30)34(45)42(25(3)22-43)33(39)35(46)41(21-11-2)38(7,8)24-37(4,5)6/h10-11,13-17,25,27-28,30-33,43H,1-2,12,18-24H2,3-9H3,(H,40,44)/t25-,27-,28-,30+,31+,32-,33-,39+/m1/s1. The summed E-state index contributed by atoms with van der Waals surface area (Å²) < 4.78 is 18.4. The van der Waals surface area contributed by atoms with E-state index in [9.17, 15) is 24.3 Å². The minimum atomic E-state index is -1.28. The van der Waals surface area contributed by atoms with Crippen LogP contribution in [-0.2, 0) is 33.4 Å². The van der Waals surface area contributed by atoms with E-state index < -0.39 is 65.2 Å². The van der Waals surface area contributed by atoms with Gasteiger partial charge in [-0.05, 0) is 57.4 Å². The van der Waals surface area contributed by atoms with E-state index in [1.165, 1.54) is 12.0 Å². The highest BCUT2D eigenvalue weighted by molar-refractivity contribution is 5.98. The number of methoxy groups -OCH3 is 1. The lowest BCUT2D eigenvalue weighted by molar-refractivity contribution is -0.163. The SMILES string of the molecule is C=CCCC(=O)N[C@H](COC)[C@H](OC(=O)[C@@H]1[C@H]2C(=O)N([C@H](C)CO)[C@H](C(=O)N(CC=C)C(C)(C)CC(C)(C)C)[C@]23CC[C@H]1O3)c1ccccc1. The van der Waals surface area contributed by atoms with E-state index in [2.05, 4.69) is 39.2 Å². The highest BCUT2D eigenvalue weighted by Gasteiger charge is 2.75. The first-order valence-corrected chi connectivity index (χ1v) is 17.7. The molecule has 4 rings (SSSR count). The number of carbonyl (C=O) groups excluding carboxylic acids is 4. The molecule has 1 spiro atoms. The number of allylic oxidation sites excluding steroid dienone is 1. The fourth-order valence-corrected chi connectivity index (χ4v) is 8.63. The maximum Gasteiger partial charge on any atom is 0.313 e. The van der Waals surface area contributed by atoms with Crippen LogP contribution in [0.4, 0.5) is 0 Å². The Hall–Kier alpha value is -3.54. The second kappa shape index (κ2) is 15.8. The summed E-state index contributed by atoms with van der Waals surface area (Å²) in [5, 5.41) is 13.3. The molecule has 0 aliphatic carbocycles. The first kappa shape index (κ1) is 39.2. The first-order chi connectivity index (χ1) is 23.6. The number of nitrogens with zero attached hydrogens (tertiary/aromatic N) is 2. The summed E-state index contributed by atoms with van der Waals surface area (Å²) in [7, 11) is 1.50. The minimum absolute atomic E-state index is 0.0609. The van der Waals surface area contributed by atoms with E-state index in [-0.39, 0.29) is 43.4 Å². The van der Waals surface area contributed by atoms with E-state index in [1.54, 1.807) is 24.0 Å². The molecule has 2 bridgehead atoms. The van der Waals surface area contributed by atoms with E-state index in [4.69, 9.17) is 14.2 Å². The van der Waals surface area contributed by atoms with Crippen molar-refractivity contribution in [3.63, 3.8) is 0 Å². The number of nitrogens with one attached hydrogen (secondary N) is 1. The predicted octanol–water partition coefficient (Wildman–Crippen LogP) is 4.35. The van der Waals surface area contributed by atoms with Crippen molar-refractivity contribution in [2.24, 2.45) is 17.3 Å². The van der Waals surface area contributed by atoms with Crippen LogP contribution in [0, 0.1) is 17.3 Å². The minimum Gasteiger partial charge on any atom is -0.455 e. The molecule has 1 aromatic carbocycles. The van der Waals surface area contributed by atoms with Crippen molar-refractivity contribution >= 4 is 23.7 Å². The zero-order valence-corrected chi connectivity index (χ0v) is 30.9. The Labute approximate surface area is 297 Å². The number of fused-ring (bicyclic) bond motifs is 1. The highest BCUT2D eigenvalue weighted by Crippen LogP contribution is 2.59. The summed E-state index contributed by atoms with van der Waals surface area (Å²) in [5.74, 6) is -3.59. The molecule has 3 amide bonds. The summed E-state index contributed by atoms with van der Waals surface area (Å²) in [6.45, 7) is 19.6.